The molecule has 0 saturated carbocycles. The predicted octanol–water partition coefficient (Wildman–Crippen LogP) is 2.85. The van der Waals surface area contributed by atoms with Crippen molar-refractivity contribution in [2.75, 3.05) is 34.2 Å². The van der Waals surface area contributed by atoms with Crippen molar-refractivity contribution in [1.29, 1.82) is 0 Å². The van der Waals surface area contributed by atoms with Gasteiger partial charge < -0.3 is 9.80 Å². The standard InChI is InChI=1S/C20H23N3O3S/c1-15-14-21(2)18-6-3-4-7-19(18)23(15)27(25,26)17-11-9-16(10-12-17)22-13-5-8-20(22)24/h3-4,6-7,9-12,15H,5,8,13-14H2,1-2H3. The number of nitrogens with zero attached hydrogens (tertiary/aromatic N) is 3. The first kappa shape index (κ1) is 17.9. The van der Waals surface area contributed by atoms with Crippen LogP contribution in [0.4, 0.5) is 17.1 Å². The number of benzene rings is 2. The Kier molecular flexibility index (Phi) is 4.34. The van der Waals surface area contributed by atoms with Crippen LogP contribution in [0.3, 0.4) is 0 Å². The van der Waals surface area contributed by atoms with E-state index in [0.29, 0.717) is 25.2 Å². The number of anilines is 3. The highest BCUT2D eigenvalue weighted by atomic mass is 32.2. The number of amides is 1. The third-order valence-corrected chi connectivity index (χ3v) is 7.19. The zero-order valence-electron chi connectivity index (χ0n) is 15.5. The van der Waals surface area contributed by atoms with Gasteiger partial charge in [0, 0.05) is 32.2 Å². The molecule has 1 fully saturated rings. The third-order valence-electron chi connectivity index (χ3n) is 5.25. The van der Waals surface area contributed by atoms with E-state index in [0.717, 1.165) is 17.8 Å². The molecule has 6 nitrogen and oxygen atoms in total. The summed E-state index contributed by atoms with van der Waals surface area (Å²) in [5.74, 6) is 0.0900. The van der Waals surface area contributed by atoms with E-state index in [4.69, 9.17) is 0 Å². The van der Waals surface area contributed by atoms with Gasteiger partial charge in [0.15, 0.2) is 0 Å². The smallest absolute Gasteiger partial charge is 0.264 e. The summed E-state index contributed by atoms with van der Waals surface area (Å²) in [4.78, 5) is 15.9. The van der Waals surface area contributed by atoms with Gasteiger partial charge in [-0.05, 0) is 49.7 Å². The largest absolute Gasteiger partial charge is 0.371 e. The van der Waals surface area contributed by atoms with Gasteiger partial charge in [-0.3, -0.25) is 9.10 Å². The summed E-state index contributed by atoms with van der Waals surface area (Å²) in [6.45, 7) is 3.23. The van der Waals surface area contributed by atoms with E-state index in [1.165, 1.54) is 4.31 Å². The second kappa shape index (κ2) is 6.56. The van der Waals surface area contributed by atoms with Crippen LogP contribution in [0.1, 0.15) is 19.8 Å². The topological polar surface area (TPSA) is 60.9 Å². The molecule has 7 heteroatoms. The first-order valence-corrected chi connectivity index (χ1v) is 10.6. The van der Waals surface area contributed by atoms with Crippen LogP contribution in [0.2, 0.25) is 0 Å². The maximum atomic E-state index is 13.4. The summed E-state index contributed by atoms with van der Waals surface area (Å²) in [6.07, 6.45) is 1.39. The van der Waals surface area contributed by atoms with Gasteiger partial charge in [-0.2, -0.15) is 0 Å². The van der Waals surface area contributed by atoms with Crippen LogP contribution in [-0.2, 0) is 14.8 Å². The molecule has 1 atom stereocenters. The first-order valence-electron chi connectivity index (χ1n) is 9.14. The average Bonchev–Trinajstić information content (AvgIpc) is 3.07. The molecule has 142 valence electrons. The summed E-state index contributed by atoms with van der Waals surface area (Å²) >= 11 is 0. The summed E-state index contributed by atoms with van der Waals surface area (Å²) in [7, 11) is -1.73. The number of carbonyl (C=O) groups is 1. The molecule has 1 amide bonds. The minimum Gasteiger partial charge on any atom is -0.371 e. The highest BCUT2D eigenvalue weighted by Gasteiger charge is 2.35. The molecular formula is C20H23N3O3S. The van der Waals surface area contributed by atoms with Crippen molar-refractivity contribution in [2.24, 2.45) is 0 Å². The monoisotopic (exact) mass is 385 g/mol. The van der Waals surface area contributed by atoms with Crippen LogP contribution in [0.25, 0.3) is 0 Å². The lowest BCUT2D eigenvalue weighted by Gasteiger charge is -2.40. The number of carbonyl (C=O) groups excluding carboxylic acids is 1. The van der Waals surface area contributed by atoms with E-state index in [2.05, 4.69) is 4.90 Å². The molecule has 4 rings (SSSR count). The third kappa shape index (κ3) is 2.96. The van der Waals surface area contributed by atoms with Gasteiger partial charge in [0.05, 0.1) is 22.3 Å². The summed E-state index contributed by atoms with van der Waals surface area (Å²) in [5, 5.41) is 0. The Labute approximate surface area is 160 Å². The van der Waals surface area contributed by atoms with E-state index in [1.807, 2.05) is 38.2 Å². The molecule has 1 unspecified atom stereocenters. The maximum absolute atomic E-state index is 13.4. The van der Waals surface area contributed by atoms with Crippen LogP contribution in [0.15, 0.2) is 53.4 Å². The number of sulfonamides is 1. The predicted molar refractivity (Wildman–Crippen MR) is 107 cm³/mol. The first-order chi connectivity index (χ1) is 12.9. The fourth-order valence-electron chi connectivity index (χ4n) is 3.98. The van der Waals surface area contributed by atoms with Crippen LogP contribution in [0.5, 0.6) is 0 Å². The molecule has 1 saturated heterocycles. The highest BCUT2D eigenvalue weighted by Crippen LogP contribution is 2.38. The zero-order chi connectivity index (χ0) is 19.2. The van der Waals surface area contributed by atoms with Crippen molar-refractivity contribution in [3.63, 3.8) is 0 Å². The maximum Gasteiger partial charge on any atom is 0.264 e. The normalized spacial score (nSPS) is 20.1. The van der Waals surface area contributed by atoms with Gasteiger partial charge in [0.2, 0.25) is 5.91 Å². The molecule has 2 heterocycles. The van der Waals surface area contributed by atoms with E-state index in [-0.39, 0.29) is 16.8 Å². The molecule has 2 aliphatic heterocycles. The van der Waals surface area contributed by atoms with E-state index < -0.39 is 10.0 Å². The molecular weight excluding hydrogens is 362 g/mol. The Balaban J connectivity index is 1.71. The van der Waals surface area contributed by atoms with Gasteiger partial charge in [0.1, 0.15) is 0 Å². The average molecular weight is 385 g/mol. The zero-order valence-corrected chi connectivity index (χ0v) is 16.3. The van der Waals surface area contributed by atoms with E-state index in [1.54, 1.807) is 29.2 Å². The fourth-order valence-corrected chi connectivity index (χ4v) is 5.64. The van der Waals surface area contributed by atoms with Crippen molar-refractivity contribution >= 4 is 33.0 Å². The fraction of sp³-hybridized carbons (Fsp3) is 0.350. The number of rotatable bonds is 3. The van der Waals surface area contributed by atoms with Gasteiger partial charge in [0.25, 0.3) is 10.0 Å². The minimum absolute atomic E-state index is 0.0900. The molecule has 2 aliphatic rings. The molecule has 2 aromatic carbocycles. The Bertz CT molecular complexity index is 972. The number of hydrogen-bond acceptors (Lipinski definition) is 4. The van der Waals surface area contributed by atoms with Crippen molar-refractivity contribution in [3.8, 4) is 0 Å². The number of hydrogen-bond donors (Lipinski definition) is 0. The number of fused-ring (bicyclic) bond motifs is 1. The lowest BCUT2D eigenvalue weighted by Crippen LogP contribution is -2.49. The Morgan fingerprint density at radius 2 is 1.67 bits per heavy atom. The number of para-hydroxylation sites is 2. The van der Waals surface area contributed by atoms with Gasteiger partial charge in [-0.1, -0.05) is 12.1 Å². The Morgan fingerprint density at radius 1 is 1.00 bits per heavy atom. The lowest BCUT2D eigenvalue weighted by molar-refractivity contribution is -0.117. The Hall–Kier alpha value is -2.54. The Morgan fingerprint density at radius 3 is 2.30 bits per heavy atom. The molecule has 2 aromatic rings. The molecule has 0 aliphatic carbocycles. The molecule has 0 aromatic heterocycles. The molecule has 0 spiro atoms. The lowest BCUT2D eigenvalue weighted by atomic mass is 10.1. The van der Waals surface area contributed by atoms with Gasteiger partial charge in [-0.25, -0.2) is 8.42 Å². The van der Waals surface area contributed by atoms with Gasteiger partial charge in [-0.15, -0.1) is 0 Å². The molecule has 0 bridgehead atoms. The molecule has 0 N–H and O–H groups in total. The van der Waals surface area contributed by atoms with Crippen molar-refractivity contribution in [3.05, 3.63) is 48.5 Å². The van der Waals surface area contributed by atoms with Crippen LogP contribution >= 0.6 is 0 Å². The van der Waals surface area contributed by atoms with Crippen LogP contribution in [-0.4, -0.2) is 40.5 Å². The second-order valence-corrected chi connectivity index (χ2v) is 8.98. The molecule has 0 radical (unpaired) electrons. The number of likely N-dealkylation sites (N-methyl/N-ethyl adjacent to an activating group) is 1. The van der Waals surface area contributed by atoms with Crippen molar-refractivity contribution in [1.82, 2.24) is 0 Å². The van der Waals surface area contributed by atoms with Crippen LogP contribution in [0, 0.1) is 0 Å². The molecule has 27 heavy (non-hydrogen) atoms. The second-order valence-electron chi connectivity index (χ2n) is 7.16. The quantitative estimate of drug-likeness (QED) is 0.815. The van der Waals surface area contributed by atoms with Crippen molar-refractivity contribution < 1.29 is 13.2 Å². The van der Waals surface area contributed by atoms with Gasteiger partial charge >= 0.3 is 0 Å². The van der Waals surface area contributed by atoms with Crippen LogP contribution < -0.4 is 14.1 Å². The van der Waals surface area contributed by atoms with E-state index in [9.17, 15) is 13.2 Å². The van der Waals surface area contributed by atoms with Crippen molar-refractivity contribution in [2.45, 2.75) is 30.7 Å². The van der Waals surface area contributed by atoms with E-state index >= 15 is 0 Å². The summed E-state index contributed by atoms with van der Waals surface area (Å²) < 4.78 is 28.3. The highest BCUT2D eigenvalue weighted by molar-refractivity contribution is 7.92. The summed E-state index contributed by atoms with van der Waals surface area (Å²) in [5.41, 5.74) is 2.35. The summed E-state index contributed by atoms with van der Waals surface area (Å²) in [6, 6.07) is 14.0. The minimum atomic E-state index is -3.70. The SMILES string of the molecule is CC1CN(C)c2ccccc2N1S(=O)(=O)c1ccc(N2CCCC2=O)cc1.